The summed E-state index contributed by atoms with van der Waals surface area (Å²) >= 11 is 0. The second-order valence-corrected chi connectivity index (χ2v) is 5.65. The van der Waals surface area contributed by atoms with Crippen LogP contribution in [0.3, 0.4) is 0 Å². The van der Waals surface area contributed by atoms with Crippen molar-refractivity contribution in [3.63, 3.8) is 0 Å². The number of benzene rings is 1. The topological polar surface area (TPSA) is 64.4 Å². The Morgan fingerprint density at radius 2 is 2.05 bits per heavy atom. The number of hydrogen-bond acceptors (Lipinski definition) is 4. The maximum Gasteiger partial charge on any atom is 0.296 e. The fraction of sp³-hybridized carbons (Fsp3) is 0.600. The average molecular weight is 278 g/mol. The average Bonchev–Trinajstić information content (AvgIpc) is 2.46. The second kappa shape index (κ2) is 6.59. The summed E-state index contributed by atoms with van der Waals surface area (Å²) in [5.74, 6) is 1.95. The van der Waals surface area contributed by atoms with Gasteiger partial charge in [-0.3, -0.25) is 10.1 Å². The second-order valence-electron chi connectivity index (χ2n) is 5.65. The van der Waals surface area contributed by atoms with E-state index in [1.807, 2.05) is 0 Å². The van der Waals surface area contributed by atoms with Crippen molar-refractivity contribution in [3.8, 4) is 5.75 Å². The van der Waals surface area contributed by atoms with E-state index >= 15 is 0 Å². The molecule has 1 saturated carbocycles. The van der Waals surface area contributed by atoms with Crippen molar-refractivity contribution in [1.82, 2.24) is 0 Å². The van der Waals surface area contributed by atoms with Gasteiger partial charge in [-0.25, -0.2) is 0 Å². The number of hydrogen-bond donors (Lipinski definition) is 1. The standard InChI is InChI=1S/C15H22N2O3/c1-11-3-5-12(6-4-11)10-16-14-8-7-13(20-2)9-15(14)17(18)19/h7-9,11-12,16H,3-6,10H2,1-2H3. The predicted molar refractivity (Wildman–Crippen MR) is 79.3 cm³/mol. The molecule has 5 nitrogen and oxygen atoms in total. The van der Waals surface area contributed by atoms with Gasteiger partial charge in [0, 0.05) is 6.54 Å². The predicted octanol–water partition coefficient (Wildman–Crippen LogP) is 3.84. The molecule has 1 aliphatic rings. The van der Waals surface area contributed by atoms with E-state index in [0.29, 0.717) is 17.4 Å². The highest BCUT2D eigenvalue weighted by atomic mass is 16.6. The Hall–Kier alpha value is -1.78. The van der Waals surface area contributed by atoms with E-state index in [4.69, 9.17) is 4.74 Å². The first kappa shape index (κ1) is 14.6. The molecule has 0 heterocycles. The Bertz CT molecular complexity index is 468. The van der Waals surface area contributed by atoms with Crippen molar-refractivity contribution in [3.05, 3.63) is 28.3 Å². The summed E-state index contributed by atoms with van der Waals surface area (Å²) in [6.07, 6.45) is 4.93. The van der Waals surface area contributed by atoms with Crippen molar-refractivity contribution in [2.24, 2.45) is 11.8 Å². The van der Waals surface area contributed by atoms with Crippen LogP contribution in [0.2, 0.25) is 0 Å². The van der Waals surface area contributed by atoms with Crippen molar-refractivity contribution < 1.29 is 9.66 Å². The Balaban J connectivity index is 2.00. The molecule has 0 saturated heterocycles. The first-order valence-electron chi connectivity index (χ1n) is 7.16. The van der Waals surface area contributed by atoms with Gasteiger partial charge in [-0.1, -0.05) is 19.8 Å². The van der Waals surface area contributed by atoms with E-state index in [2.05, 4.69) is 12.2 Å². The number of ether oxygens (including phenoxy) is 1. The molecule has 1 aliphatic carbocycles. The number of methoxy groups -OCH3 is 1. The molecule has 1 N–H and O–H groups in total. The molecule has 0 amide bonds. The Morgan fingerprint density at radius 1 is 1.35 bits per heavy atom. The Kier molecular flexibility index (Phi) is 4.82. The van der Waals surface area contributed by atoms with E-state index in [1.165, 1.54) is 38.9 Å². The number of nitro benzene ring substituents is 1. The van der Waals surface area contributed by atoms with Gasteiger partial charge in [-0.15, -0.1) is 0 Å². The summed E-state index contributed by atoms with van der Waals surface area (Å²) in [6, 6.07) is 4.94. The molecule has 110 valence electrons. The van der Waals surface area contributed by atoms with E-state index in [9.17, 15) is 10.1 Å². The minimum Gasteiger partial charge on any atom is -0.496 e. The summed E-state index contributed by atoms with van der Waals surface area (Å²) in [6.45, 7) is 3.10. The molecule has 0 spiro atoms. The maximum atomic E-state index is 11.1. The molecule has 0 aliphatic heterocycles. The Morgan fingerprint density at radius 3 is 2.65 bits per heavy atom. The zero-order chi connectivity index (χ0) is 14.5. The normalized spacial score (nSPS) is 22.3. The summed E-state index contributed by atoms with van der Waals surface area (Å²) in [4.78, 5) is 10.7. The fourth-order valence-corrected chi connectivity index (χ4v) is 2.73. The zero-order valence-corrected chi connectivity index (χ0v) is 12.1. The third kappa shape index (κ3) is 3.62. The number of nitro groups is 1. The lowest BCUT2D eigenvalue weighted by molar-refractivity contribution is -0.384. The molecule has 5 heteroatoms. The molecule has 1 fully saturated rings. The van der Waals surface area contributed by atoms with Crippen LogP contribution >= 0.6 is 0 Å². The maximum absolute atomic E-state index is 11.1. The van der Waals surface area contributed by atoms with Gasteiger partial charge in [0.25, 0.3) is 5.69 Å². The molecule has 0 bridgehead atoms. The van der Waals surface area contributed by atoms with E-state index in [1.54, 1.807) is 12.1 Å². The highest BCUT2D eigenvalue weighted by molar-refractivity contribution is 5.63. The van der Waals surface area contributed by atoms with E-state index in [0.717, 1.165) is 12.5 Å². The van der Waals surface area contributed by atoms with Crippen molar-refractivity contribution in [1.29, 1.82) is 0 Å². The van der Waals surface area contributed by atoms with Crippen LogP contribution in [0.5, 0.6) is 5.75 Å². The molecule has 1 aromatic rings. The minimum atomic E-state index is -0.367. The van der Waals surface area contributed by atoms with Crippen LogP contribution in [-0.2, 0) is 0 Å². The zero-order valence-electron chi connectivity index (χ0n) is 12.1. The third-order valence-electron chi connectivity index (χ3n) is 4.12. The monoisotopic (exact) mass is 278 g/mol. The van der Waals surface area contributed by atoms with Crippen molar-refractivity contribution >= 4 is 11.4 Å². The van der Waals surface area contributed by atoms with Crippen molar-refractivity contribution in [2.45, 2.75) is 32.6 Å². The molecule has 0 unspecified atom stereocenters. The molecule has 2 rings (SSSR count). The highest BCUT2D eigenvalue weighted by Gasteiger charge is 2.20. The van der Waals surface area contributed by atoms with Crippen LogP contribution in [-0.4, -0.2) is 18.6 Å². The van der Waals surface area contributed by atoms with Gasteiger partial charge in [0.05, 0.1) is 18.1 Å². The van der Waals surface area contributed by atoms with Crippen molar-refractivity contribution in [2.75, 3.05) is 19.0 Å². The molecular weight excluding hydrogens is 256 g/mol. The quantitative estimate of drug-likeness (QED) is 0.656. The Labute approximate surface area is 119 Å². The van der Waals surface area contributed by atoms with Gasteiger partial charge in [-0.05, 0) is 36.8 Å². The largest absolute Gasteiger partial charge is 0.496 e. The van der Waals surface area contributed by atoms with Crippen LogP contribution in [0.15, 0.2) is 18.2 Å². The lowest BCUT2D eigenvalue weighted by atomic mass is 9.83. The van der Waals surface area contributed by atoms with Gasteiger partial charge >= 0.3 is 0 Å². The summed E-state index contributed by atoms with van der Waals surface area (Å²) < 4.78 is 5.03. The first-order valence-corrected chi connectivity index (χ1v) is 7.16. The smallest absolute Gasteiger partial charge is 0.296 e. The van der Waals surface area contributed by atoms with Crippen LogP contribution < -0.4 is 10.1 Å². The van der Waals surface area contributed by atoms with Gasteiger partial charge in [0.2, 0.25) is 0 Å². The molecule has 20 heavy (non-hydrogen) atoms. The van der Waals surface area contributed by atoms with E-state index < -0.39 is 0 Å². The SMILES string of the molecule is COc1ccc(NCC2CCC(C)CC2)c([N+](=O)[O-])c1. The van der Waals surface area contributed by atoms with Crippen LogP contribution in [0, 0.1) is 22.0 Å². The van der Waals surface area contributed by atoms with Gasteiger partial charge < -0.3 is 10.1 Å². The first-order chi connectivity index (χ1) is 9.60. The molecule has 0 aromatic heterocycles. The number of nitrogens with one attached hydrogen (secondary N) is 1. The summed E-state index contributed by atoms with van der Waals surface area (Å²) in [5.41, 5.74) is 0.656. The van der Waals surface area contributed by atoms with Gasteiger partial charge in [0.1, 0.15) is 11.4 Å². The number of nitrogens with zero attached hydrogens (tertiary/aromatic N) is 1. The summed E-state index contributed by atoms with van der Waals surface area (Å²) in [5, 5.41) is 14.3. The highest BCUT2D eigenvalue weighted by Crippen LogP contribution is 2.31. The molecule has 1 aromatic carbocycles. The van der Waals surface area contributed by atoms with Crippen LogP contribution in [0.25, 0.3) is 0 Å². The van der Waals surface area contributed by atoms with Crippen LogP contribution in [0.4, 0.5) is 11.4 Å². The van der Waals surface area contributed by atoms with Gasteiger partial charge in [-0.2, -0.15) is 0 Å². The number of anilines is 1. The molecular formula is C15H22N2O3. The van der Waals surface area contributed by atoms with Crippen LogP contribution in [0.1, 0.15) is 32.6 Å². The fourth-order valence-electron chi connectivity index (χ4n) is 2.73. The van der Waals surface area contributed by atoms with E-state index in [-0.39, 0.29) is 10.6 Å². The molecule has 0 atom stereocenters. The minimum absolute atomic E-state index is 0.0773. The molecule has 0 radical (unpaired) electrons. The number of rotatable bonds is 5. The van der Waals surface area contributed by atoms with Gasteiger partial charge in [0.15, 0.2) is 0 Å². The lowest BCUT2D eigenvalue weighted by Crippen LogP contribution is -2.20. The lowest BCUT2D eigenvalue weighted by Gasteiger charge is -2.26. The summed E-state index contributed by atoms with van der Waals surface area (Å²) in [7, 11) is 1.51. The third-order valence-corrected chi connectivity index (χ3v) is 4.12.